The number of aliphatic hydroxyl groups is 1. The maximum atomic E-state index is 11.5. The molecular formula is C11H24N2O2. The number of amides is 1. The summed E-state index contributed by atoms with van der Waals surface area (Å²) in [7, 11) is 0. The Morgan fingerprint density at radius 3 is 2.33 bits per heavy atom. The molecule has 0 saturated heterocycles. The molecule has 0 radical (unpaired) electrons. The van der Waals surface area contributed by atoms with Crippen molar-refractivity contribution in [3.05, 3.63) is 0 Å². The molecule has 0 aliphatic heterocycles. The number of hydrogen-bond donors (Lipinski definition) is 2. The van der Waals surface area contributed by atoms with Gasteiger partial charge in [-0.2, -0.15) is 0 Å². The van der Waals surface area contributed by atoms with Crippen LogP contribution in [0.5, 0.6) is 0 Å². The highest BCUT2D eigenvalue weighted by molar-refractivity contribution is 5.76. The Bertz CT molecular complexity index is 170. The third-order valence-corrected chi connectivity index (χ3v) is 2.53. The number of carbonyl (C=O) groups excluding carboxylic acids is 1. The van der Waals surface area contributed by atoms with E-state index in [1.54, 1.807) is 0 Å². The Morgan fingerprint density at radius 2 is 1.93 bits per heavy atom. The smallest absolute Gasteiger partial charge is 0.221 e. The van der Waals surface area contributed by atoms with Crippen LogP contribution in [0.2, 0.25) is 0 Å². The van der Waals surface area contributed by atoms with Gasteiger partial charge in [0.2, 0.25) is 5.91 Å². The first kappa shape index (κ1) is 14.4. The van der Waals surface area contributed by atoms with Crippen LogP contribution in [-0.4, -0.2) is 41.8 Å². The quantitative estimate of drug-likeness (QED) is 0.594. The van der Waals surface area contributed by atoms with E-state index in [4.69, 9.17) is 5.11 Å². The molecule has 4 heteroatoms. The van der Waals surface area contributed by atoms with E-state index >= 15 is 0 Å². The van der Waals surface area contributed by atoms with Gasteiger partial charge >= 0.3 is 0 Å². The molecule has 2 N–H and O–H groups in total. The van der Waals surface area contributed by atoms with Crippen molar-refractivity contribution >= 4 is 5.91 Å². The van der Waals surface area contributed by atoms with Gasteiger partial charge in [-0.05, 0) is 25.9 Å². The van der Waals surface area contributed by atoms with Gasteiger partial charge in [0, 0.05) is 13.0 Å². The van der Waals surface area contributed by atoms with Crippen molar-refractivity contribution in [3.63, 3.8) is 0 Å². The highest BCUT2D eigenvalue weighted by atomic mass is 16.3. The van der Waals surface area contributed by atoms with E-state index < -0.39 is 0 Å². The van der Waals surface area contributed by atoms with Crippen LogP contribution in [-0.2, 0) is 4.79 Å². The van der Waals surface area contributed by atoms with Crippen LogP contribution < -0.4 is 5.32 Å². The predicted molar refractivity (Wildman–Crippen MR) is 61.5 cm³/mol. The molecule has 15 heavy (non-hydrogen) atoms. The fourth-order valence-corrected chi connectivity index (χ4v) is 1.61. The summed E-state index contributed by atoms with van der Waals surface area (Å²) in [5.41, 5.74) is 0. The zero-order valence-corrected chi connectivity index (χ0v) is 10.1. The Morgan fingerprint density at radius 1 is 1.33 bits per heavy atom. The second-order valence-corrected chi connectivity index (χ2v) is 3.54. The first-order valence-corrected chi connectivity index (χ1v) is 5.83. The SMILES string of the molecule is CCC(NC(=O)CCCO)N(CC)CC. The molecule has 0 aliphatic rings. The highest BCUT2D eigenvalue weighted by Crippen LogP contribution is 2.01. The summed E-state index contributed by atoms with van der Waals surface area (Å²) >= 11 is 0. The lowest BCUT2D eigenvalue weighted by Crippen LogP contribution is -2.47. The minimum absolute atomic E-state index is 0.0304. The summed E-state index contributed by atoms with van der Waals surface area (Å²) in [6.07, 6.45) is 1.99. The van der Waals surface area contributed by atoms with Crippen LogP contribution in [0.3, 0.4) is 0 Å². The molecule has 0 heterocycles. The maximum absolute atomic E-state index is 11.5. The molecular weight excluding hydrogens is 192 g/mol. The predicted octanol–water partition coefficient (Wildman–Crippen LogP) is 0.953. The highest BCUT2D eigenvalue weighted by Gasteiger charge is 2.15. The summed E-state index contributed by atoms with van der Waals surface area (Å²) in [4.78, 5) is 13.7. The van der Waals surface area contributed by atoms with Gasteiger partial charge in [0.15, 0.2) is 0 Å². The summed E-state index contributed by atoms with van der Waals surface area (Å²) in [6.45, 7) is 8.20. The largest absolute Gasteiger partial charge is 0.396 e. The number of rotatable bonds is 8. The van der Waals surface area contributed by atoms with Crippen molar-refractivity contribution in [3.8, 4) is 0 Å². The molecule has 1 amide bonds. The Kier molecular flexibility index (Phi) is 8.33. The fraction of sp³-hybridized carbons (Fsp3) is 0.909. The van der Waals surface area contributed by atoms with E-state index in [1.807, 2.05) is 0 Å². The molecule has 90 valence electrons. The molecule has 0 aromatic rings. The third-order valence-electron chi connectivity index (χ3n) is 2.53. The number of carbonyl (C=O) groups is 1. The number of nitrogens with one attached hydrogen (secondary N) is 1. The molecule has 0 aromatic carbocycles. The molecule has 0 rings (SSSR count). The van der Waals surface area contributed by atoms with Crippen LogP contribution in [0, 0.1) is 0 Å². The van der Waals surface area contributed by atoms with Gasteiger partial charge in [0.25, 0.3) is 0 Å². The van der Waals surface area contributed by atoms with E-state index in [0.717, 1.165) is 19.5 Å². The van der Waals surface area contributed by atoms with Gasteiger partial charge in [-0.3, -0.25) is 9.69 Å². The Balaban J connectivity index is 4.01. The van der Waals surface area contributed by atoms with E-state index in [2.05, 4.69) is 31.0 Å². The molecule has 0 fully saturated rings. The van der Waals surface area contributed by atoms with Crippen molar-refractivity contribution in [1.82, 2.24) is 10.2 Å². The zero-order valence-electron chi connectivity index (χ0n) is 10.1. The van der Waals surface area contributed by atoms with Crippen LogP contribution in [0.4, 0.5) is 0 Å². The van der Waals surface area contributed by atoms with Crippen LogP contribution in [0.25, 0.3) is 0 Å². The van der Waals surface area contributed by atoms with Crippen LogP contribution in [0.1, 0.15) is 40.0 Å². The second kappa shape index (κ2) is 8.68. The monoisotopic (exact) mass is 216 g/mol. The van der Waals surface area contributed by atoms with E-state index in [0.29, 0.717) is 12.8 Å². The van der Waals surface area contributed by atoms with Gasteiger partial charge in [-0.25, -0.2) is 0 Å². The molecule has 1 unspecified atom stereocenters. The fourth-order valence-electron chi connectivity index (χ4n) is 1.61. The minimum atomic E-state index is 0.0304. The molecule has 1 atom stereocenters. The molecule has 0 saturated carbocycles. The lowest BCUT2D eigenvalue weighted by molar-refractivity contribution is -0.123. The Labute approximate surface area is 92.7 Å². The van der Waals surface area contributed by atoms with Crippen molar-refractivity contribution in [2.24, 2.45) is 0 Å². The van der Waals surface area contributed by atoms with Crippen LogP contribution in [0.15, 0.2) is 0 Å². The van der Waals surface area contributed by atoms with Gasteiger partial charge in [0.1, 0.15) is 0 Å². The van der Waals surface area contributed by atoms with Crippen LogP contribution >= 0.6 is 0 Å². The van der Waals surface area contributed by atoms with Crippen molar-refractivity contribution in [2.45, 2.75) is 46.2 Å². The van der Waals surface area contributed by atoms with Crippen molar-refractivity contribution < 1.29 is 9.90 Å². The first-order valence-electron chi connectivity index (χ1n) is 5.83. The molecule has 0 bridgehead atoms. The average Bonchev–Trinajstić information content (AvgIpc) is 2.26. The lowest BCUT2D eigenvalue weighted by Gasteiger charge is -2.29. The van der Waals surface area contributed by atoms with Crippen molar-refractivity contribution in [1.29, 1.82) is 0 Å². The first-order chi connectivity index (χ1) is 7.19. The number of hydrogen-bond acceptors (Lipinski definition) is 3. The minimum Gasteiger partial charge on any atom is -0.396 e. The standard InChI is InChI=1S/C11H24N2O2/c1-4-10(13(5-2)6-3)12-11(15)8-7-9-14/h10,14H,4-9H2,1-3H3,(H,12,15). The zero-order chi connectivity index (χ0) is 11.7. The van der Waals surface area contributed by atoms with E-state index in [9.17, 15) is 4.79 Å². The number of nitrogens with zero attached hydrogens (tertiary/aromatic N) is 1. The summed E-state index contributed by atoms with van der Waals surface area (Å²) < 4.78 is 0. The molecule has 0 aliphatic carbocycles. The molecule has 4 nitrogen and oxygen atoms in total. The maximum Gasteiger partial charge on any atom is 0.221 e. The van der Waals surface area contributed by atoms with Gasteiger partial charge in [0.05, 0.1) is 6.17 Å². The summed E-state index contributed by atoms with van der Waals surface area (Å²) in [6, 6.07) is 0. The average molecular weight is 216 g/mol. The summed E-state index contributed by atoms with van der Waals surface area (Å²) in [5.74, 6) is 0.0304. The van der Waals surface area contributed by atoms with Gasteiger partial charge in [-0.15, -0.1) is 0 Å². The Hall–Kier alpha value is -0.610. The van der Waals surface area contributed by atoms with Gasteiger partial charge < -0.3 is 10.4 Å². The van der Waals surface area contributed by atoms with E-state index in [1.165, 1.54) is 0 Å². The topological polar surface area (TPSA) is 52.6 Å². The number of aliphatic hydroxyl groups excluding tert-OH is 1. The third kappa shape index (κ3) is 5.74. The lowest BCUT2D eigenvalue weighted by atomic mass is 10.2. The van der Waals surface area contributed by atoms with E-state index in [-0.39, 0.29) is 18.7 Å². The molecule has 0 spiro atoms. The summed E-state index contributed by atoms with van der Waals surface area (Å²) in [5, 5.41) is 11.6. The normalized spacial score (nSPS) is 12.9. The molecule has 0 aromatic heterocycles. The van der Waals surface area contributed by atoms with Crippen molar-refractivity contribution in [2.75, 3.05) is 19.7 Å². The van der Waals surface area contributed by atoms with Gasteiger partial charge in [-0.1, -0.05) is 20.8 Å². The second-order valence-electron chi connectivity index (χ2n) is 3.54.